The van der Waals surface area contributed by atoms with Crippen LogP contribution in [0.3, 0.4) is 0 Å². The van der Waals surface area contributed by atoms with Crippen LogP contribution in [0.25, 0.3) is 0 Å². The first-order valence-corrected chi connectivity index (χ1v) is 5.67. The van der Waals surface area contributed by atoms with Crippen LogP contribution < -0.4 is 0 Å². The fourth-order valence-electron chi connectivity index (χ4n) is 2.14. The summed E-state index contributed by atoms with van der Waals surface area (Å²) >= 11 is 0. The van der Waals surface area contributed by atoms with Crippen molar-refractivity contribution in [3.05, 3.63) is 35.6 Å². The molecule has 0 amide bonds. The van der Waals surface area contributed by atoms with Gasteiger partial charge in [-0.15, -0.1) is 0 Å². The average Bonchev–Trinajstić information content (AvgIpc) is 2.80. The van der Waals surface area contributed by atoms with E-state index in [-0.39, 0.29) is 11.7 Å². The van der Waals surface area contributed by atoms with Gasteiger partial charge in [-0.05, 0) is 43.6 Å². The van der Waals surface area contributed by atoms with E-state index >= 15 is 0 Å². The van der Waals surface area contributed by atoms with E-state index in [0.717, 1.165) is 25.2 Å². The maximum atomic E-state index is 12.8. The minimum atomic E-state index is -0.249. The Bertz CT molecular complexity index is 374. The van der Waals surface area contributed by atoms with Gasteiger partial charge in [0, 0.05) is 6.54 Å². The molecule has 0 spiro atoms. The summed E-state index contributed by atoms with van der Waals surface area (Å²) < 4.78 is 12.8. The molecule has 2 nitrogen and oxygen atoms in total. The van der Waals surface area contributed by atoms with Crippen molar-refractivity contribution in [3.63, 3.8) is 0 Å². The number of nitriles is 1. The predicted octanol–water partition coefficient (Wildman–Crippen LogP) is 2.53. The standard InChI is InChI=1S/C13H15FN2/c14-13-5-3-11(4-6-13)12(9-15)10-16-7-1-2-8-16/h3-6,12H,1-2,7-8,10H2. The molecule has 1 aliphatic rings. The molecule has 1 fully saturated rings. The van der Waals surface area contributed by atoms with Crippen LogP contribution in [-0.2, 0) is 0 Å². The van der Waals surface area contributed by atoms with E-state index in [2.05, 4.69) is 11.0 Å². The van der Waals surface area contributed by atoms with Crippen LogP contribution in [0, 0.1) is 17.1 Å². The van der Waals surface area contributed by atoms with Gasteiger partial charge >= 0.3 is 0 Å². The van der Waals surface area contributed by atoms with Crippen molar-refractivity contribution in [2.45, 2.75) is 18.8 Å². The zero-order valence-corrected chi connectivity index (χ0v) is 9.19. The van der Waals surface area contributed by atoms with Crippen molar-refractivity contribution in [3.8, 4) is 6.07 Å². The van der Waals surface area contributed by atoms with E-state index < -0.39 is 0 Å². The molecule has 0 saturated carbocycles. The van der Waals surface area contributed by atoms with Gasteiger partial charge in [-0.25, -0.2) is 4.39 Å². The number of benzene rings is 1. The highest BCUT2D eigenvalue weighted by molar-refractivity contribution is 5.25. The molecule has 2 rings (SSSR count). The normalized spacial score (nSPS) is 18.2. The van der Waals surface area contributed by atoms with Crippen LogP contribution in [0.15, 0.2) is 24.3 Å². The molecule has 0 bridgehead atoms. The van der Waals surface area contributed by atoms with E-state index in [1.54, 1.807) is 12.1 Å². The number of hydrogen-bond acceptors (Lipinski definition) is 2. The Hall–Kier alpha value is -1.40. The highest BCUT2D eigenvalue weighted by atomic mass is 19.1. The van der Waals surface area contributed by atoms with E-state index in [9.17, 15) is 4.39 Å². The number of hydrogen-bond donors (Lipinski definition) is 0. The molecular formula is C13H15FN2. The summed E-state index contributed by atoms with van der Waals surface area (Å²) in [7, 11) is 0. The quantitative estimate of drug-likeness (QED) is 0.779. The molecule has 1 atom stereocenters. The number of rotatable bonds is 3. The van der Waals surface area contributed by atoms with Gasteiger partial charge in [0.1, 0.15) is 5.82 Å². The zero-order chi connectivity index (χ0) is 11.4. The van der Waals surface area contributed by atoms with Crippen LogP contribution in [0.4, 0.5) is 4.39 Å². The third kappa shape index (κ3) is 2.59. The summed E-state index contributed by atoms with van der Waals surface area (Å²) in [6.07, 6.45) is 2.45. The lowest BCUT2D eigenvalue weighted by molar-refractivity contribution is 0.332. The molecular weight excluding hydrogens is 203 g/mol. The highest BCUT2D eigenvalue weighted by Crippen LogP contribution is 2.19. The Labute approximate surface area is 95.3 Å². The molecule has 3 heteroatoms. The lowest BCUT2D eigenvalue weighted by Gasteiger charge is -2.18. The van der Waals surface area contributed by atoms with E-state index in [0.29, 0.717) is 0 Å². The van der Waals surface area contributed by atoms with Crippen LogP contribution in [-0.4, -0.2) is 24.5 Å². The first kappa shape index (κ1) is 11.1. The van der Waals surface area contributed by atoms with Gasteiger partial charge < -0.3 is 4.90 Å². The molecule has 0 aromatic heterocycles. The maximum absolute atomic E-state index is 12.8. The van der Waals surface area contributed by atoms with Crippen molar-refractivity contribution >= 4 is 0 Å². The lowest BCUT2D eigenvalue weighted by atomic mass is 10.0. The second-order valence-electron chi connectivity index (χ2n) is 4.24. The van der Waals surface area contributed by atoms with Gasteiger partial charge in [0.25, 0.3) is 0 Å². The molecule has 1 saturated heterocycles. The molecule has 0 aliphatic carbocycles. The van der Waals surface area contributed by atoms with Crippen LogP contribution in [0.1, 0.15) is 24.3 Å². The monoisotopic (exact) mass is 218 g/mol. The number of nitrogens with zero attached hydrogens (tertiary/aromatic N) is 2. The molecule has 1 heterocycles. The predicted molar refractivity (Wildman–Crippen MR) is 60.4 cm³/mol. The van der Waals surface area contributed by atoms with Crippen molar-refractivity contribution in [2.24, 2.45) is 0 Å². The summed E-state index contributed by atoms with van der Waals surface area (Å²) in [6.45, 7) is 2.93. The molecule has 84 valence electrons. The fraction of sp³-hybridized carbons (Fsp3) is 0.462. The first-order chi connectivity index (χ1) is 7.79. The maximum Gasteiger partial charge on any atom is 0.123 e. The fourth-order valence-corrected chi connectivity index (χ4v) is 2.14. The first-order valence-electron chi connectivity index (χ1n) is 5.67. The molecule has 1 unspecified atom stereocenters. The van der Waals surface area contributed by atoms with Crippen LogP contribution >= 0.6 is 0 Å². The minimum absolute atomic E-state index is 0.140. The van der Waals surface area contributed by atoms with Gasteiger partial charge in [0.2, 0.25) is 0 Å². The van der Waals surface area contributed by atoms with E-state index in [4.69, 9.17) is 5.26 Å². The molecule has 1 aromatic carbocycles. The zero-order valence-electron chi connectivity index (χ0n) is 9.19. The molecule has 1 aromatic rings. The molecule has 0 N–H and O–H groups in total. The van der Waals surface area contributed by atoms with Gasteiger partial charge in [0.05, 0.1) is 12.0 Å². The van der Waals surface area contributed by atoms with Crippen LogP contribution in [0.2, 0.25) is 0 Å². The van der Waals surface area contributed by atoms with Gasteiger partial charge in [-0.2, -0.15) is 5.26 Å². The Morgan fingerprint density at radius 1 is 1.25 bits per heavy atom. The van der Waals surface area contributed by atoms with Gasteiger partial charge in [-0.3, -0.25) is 0 Å². The summed E-state index contributed by atoms with van der Waals surface area (Å²) in [6, 6.07) is 8.56. The van der Waals surface area contributed by atoms with E-state index in [1.807, 2.05) is 0 Å². The summed E-state index contributed by atoms with van der Waals surface area (Å²) in [5, 5.41) is 9.14. The summed E-state index contributed by atoms with van der Waals surface area (Å²) in [5.41, 5.74) is 0.913. The van der Waals surface area contributed by atoms with Crippen molar-refractivity contribution in [1.29, 1.82) is 5.26 Å². The topological polar surface area (TPSA) is 27.0 Å². The van der Waals surface area contributed by atoms with Gasteiger partial charge in [0.15, 0.2) is 0 Å². The Kier molecular flexibility index (Phi) is 3.53. The highest BCUT2D eigenvalue weighted by Gasteiger charge is 2.18. The van der Waals surface area contributed by atoms with Crippen molar-refractivity contribution in [1.82, 2.24) is 4.90 Å². The largest absolute Gasteiger partial charge is 0.302 e. The third-order valence-corrected chi connectivity index (χ3v) is 3.07. The number of likely N-dealkylation sites (tertiary alicyclic amines) is 1. The third-order valence-electron chi connectivity index (χ3n) is 3.07. The second kappa shape index (κ2) is 5.09. The smallest absolute Gasteiger partial charge is 0.123 e. The van der Waals surface area contributed by atoms with Crippen molar-refractivity contribution < 1.29 is 4.39 Å². The van der Waals surface area contributed by atoms with Crippen molar-refractivity contribution in [2.75, 3.05) is 19.6 Å². The summed E-state index contributed by atoms with van der Waals surface area (Å²) in [4.78, 5) is 2.30. The van der Waals surface area contributed by atoms with Crippen LogP contribution in [0.5, 0.6) is 0 Å². The Balaban J connectivity index is 2.04. The molecule has 1 aliphatic heterocycles. The second-order valence-corrected chi connectivity index (χ2v) is 4.24. The SMILES string of the molecule is N#CC(CN1CCCC1)c1ccc(F)cc1. The minimum Gasteiger partial charge on any atom is -0.302 e. The molecule has 0 radical (unpaired) electrons. The Morgan fingerprint density at radius 2 is 1.88 bits per heavy atom. The summed E-state index contributed by atoms with van der Waals surface area (Å²) in [5.74, 6) is -0.389. The number of halogens is 1. The Morgan fingerprint density at radius 3 is 2.44 bits per heavy atom. The lowest BCUT2D eigenvalue weighted by Crippen LogP contribution is -2.24. The van der Waals surface area contributed by atoms with Gasteiger partial charge in [-0.1, -0.05) is 12.1 Å². The van der Waals surface area contributed by atoms with E-state index in [1.165, 1.54) is 25.0 Å². The average molecular weight is 218 g/mol. The molecule has 16 heavy (non-hydrogen) atoms.